The molecule has 0 spiro atoms. The van der Waals surface area contributed by atoms with Crippen LogP contribution in [0.25, 0.3) is 11.4 Å². The first-order valence-corrected chi connectivity index (χ1v) is 9.92. The summed E-state index contributed by atoms with van der Waals surface area (Å²) in [6.45, 7) is 0. The number of aromatic amines is 1. The van der Waals surface area contributed by atoms with Crippen molar-refractivity contribution >= 4 is 34.2 Å². The summed E-state index contributed by atoms with van der Waals surface area (Å²) in [4.78, 5) is 17.4. The molecule has 28 heavy (non-hydrogen) atoms. The van der Waals surface area contributed by atoms with Crippen LogP contribution >= 0.6 is 22.6 Å². The minimum absolute atomic E-state index is 0.226. The maximum atomic E-state index is 12.8. The number of methoxy groups -OCH3 is 2. The van der Waals surface area contributed by atoms with Crippen LogP contribution in [0.4, 0.5) is 5.69 Å². The van der Waals surface area contributed by atoms with Gasteiger partial charge in [0.15, 0.2) is 17.3 Å². The predicted molar refractivity (Wildman–Crippen MR) is 114 cm³/mol. The van der Waals surface area contributed by atoms with Gasteiger partial charge in [-0.1, -0.05) is 12.1 Å². The maximum absolute atomic E-state index is 12.8. The van der Waals surface area contributed by atoms with Crippen molar-refractivity contribution in [2.75, 3.05) is 19.5 Å². The molecular weight excluding hydrogens is 471 g/mol. The van der Waals surface area contributed by atoms with Crippen LogP contribution in [-0.2, 0) is 0 Å². The van der Waals surface area contributed by atoms with Crippen LogP contribution in [0.2, 0.25) is 0 Å². The molecule has 1 fully saturated rings. The molecule has 0 radical (unpaired) electrons. The number of anilines is 1. The second-order valence-electron chi connectivity index (χ2n) is 6.54. The van der Waals surface area contributed by atoms with E-state index in [-0.39, 0.29) is 5.91 Å². The van der Waals surface area contributed by atoms with Crippen LogP contribution in [0.3, 0.4) is 0 Å². The van der Waals surface area contributed by atoms with Gasteiger partial charge in [0.1, 0.15) is 5.82 Å². The molecule has 4 rings (SSSR count). The number of halogens is 1. The average molecular weight is 490 g/mol. The van der Waals surface area contributed by atoms with Gasteiger partial charge in [-0.05, 0) is 59.7 Å². The normalized spacial score (nSPS) is 13.2. The van der Waals surface area contributed by atoms with Gasteiger partial charge in [0.05, 0.1) is 19.8 Å². The third-order valence-corrected chi connectivity index (χ3v) is 5.46. The minimum atomic E-state index is -0.226. The molecule has 1 heterocycles. The number of nitrogens with zero attached hydrogens (tertiary/aromatic N) is 2. The van der Waals surface area contributed by atoms with Crippen LogP contribution < -0.4 is 14.8 Å². The van der Waals surface area contributed by atoms with Crippen molar-refractivity contribution in [3.05, 3.63) is 51.4 Å². The van der Waals surface area contributed by atoms with Crippen LogP contribution in [-0.4, -0.2) is 35.3 Å². The van der Waals surface area contributed by atoms with Gasteiger partial charge in [-0.2, -0.15) is 5.10 Å². The summed E-state index contributed by atoms with van der Waals surface area (Å²) in [5.74, 6) is 2.95. The zero-order valence-corrected chi connectivity index (χ0v) is 17.6. The molecule has 0 bridgehead atoms. The van der Waals surface area contributed by atoms with E-state index in [0.29, 0.717) is 34.5 Å². The van der Waals surface area contributed by atoms with Crippen LogP contribution in [0.5, 0.6) is 11.5 Å². The van der Waals surface area contributed by atoms with Crippen molar-refractivity contribution in [2.45, 2.75) is 18.8 Å². The van der Waals surface area contributed by atoms with E-state index in [4.69, 9.17) is 9.47 Å². The highest BCUT2D eigenvalue weighted by atomic mass is 127. The fourth-order valence-electron chi connectivity index (χ4n) is 2.91. The number of aromatic nitrogens is 3. The van der Waals surface area contributed by atoms with E-state index in [1.807, 2.05) is 24.3 Å². The lowest BCUT2D eigenvalue weighted by molar-refractivity contribution is 0.102. The first kappa shape index (κ1) is 18.7. The third kappa shape index (κ3) is 3.82. The number of amides is 1. The molecule has 0 atom stereocenters. The maximum Gasteiger partial charge on any atom is 0.256 e. The monoisotopic (exact) mass is 490 g/mol. The second kappa shape index (κ2) is 7.78. The molecule has 1 amide bonds. The Bertz CT molecular complexity index is 1030. The molecule has 2 N–H and O–H groups in total. The summed E-state index contributed by atoms with van der Waals surface area (Å²) < 4.78 is 11.4. The van der Waals surface area contributed by atoms with E-state index in [2.05, 4.69) is 43.1 Å². The Balaban J connectivity index is 1.56. The predicted octanol–water partition coefficient (Wildman–Crippen LogP) is 4.22. The SMILES string of the molecule is COc1cc(I)c(C(=O)Nc2cccc(-c3n[nH]c(C4CC4)n3)c2)cc1OC. The van der Waals surface area contributed by atoms with Crippen molar-refractivity contribution in [1.29, 1.82) is 0 Å². The number of nitrogens with one attached hydrogen (secondary N) is 2. The molecule has 1 aliphatic rings. The van der Waals surface area contributed by atoms with Gasteiger partial charge in [0.2, 0.25) is 0 Å². The van der Waals surface area contributed by atoms with Crippen LogP contribution in [0.15, 0.2) is 36.4 Å². The summed E-state index contributed by atoms with van der Waals surface area (Å²) in [7, 11) is 3.11. The van der Waals surface area contributed by atoms with E-state index in [1.54, 1.807) is 26.4 Å². The number of hydrogen-bond acceptors (Lipinski definition) is 5. The molecule has 144 valence electrons. The van der Waals surface area contributed by atoms with Crippen molar-refractivity contribution in [2.24, 2.45) is 0 Å². The molecule has 2 aromatic carbocycles. The van der Waals surface area contributed by atoms with E-state index in [9.17, 15) is 4.79 Å². The quantitative estimate of drug-likeness (QED) is 0.506. The van der Waals surface area contributed by atoms with Gasteiger partial charge in [-0.3, -0.25) is 9.89 Å². The third-order valence-electron chi connectivity index (χ3n) is 4.56. The van der Waals surface area contributed by atoms with Gasteiger partial charge in [0.25, 0.3) is 5.91 Å². The molecule has 1 aromatic heterocycles. The highest BCUT2D eigenvalue weighted by Crippen LogP contribution is 2.38. The molecule has 1 aliphatic carbocycles. The van der Waals surface area contributed by atoms with Crippen molar-refractivity contribution in [3.63, 3.8) is 0 Å². The van der Waals surface area contributed by atoms with Gasteiger partial charge >= 0.3 is 0 Å². The highest BCUT2D eigenvalue weighted by Gasteiger charge is 2.27. The van der Waals surface area contributed by atoms with Crippen molar-refractivity contribution < 1.29 is 14.3 Å². The van der Waals surface area contributed by atoms with E-state index >= 15 is 0 Å². The fraction of sp³-hybridized carbons (Fsp3) is 0.250. The summed E-state index contributed by atoms with van der Waals surface area (Å²) >= 11 is 2.11. The van der Waals surface area contributed by atoms with Gasteiger partial charge in [-0.15, -0.1) is 0 Å². The standard InChI is InChI=1S/C20H19IN4O3/c1-27-16-9-14(15(21)10-17(16)28-2)20(26)22-13-5-3-4-12(8-13)19-23-18(24-25-19)11-6-7-11/h3-5,8-11H,6-7H2,1-2H3,(H,22,26)(H,23,24,25). The number of rotatable bonds is 6. The molecule has 0 aliphatic heterocycles. The molecule has 0 saturated heterocycles. The molecule has 3 aromatic rings. The summed E-state index contributed by atoms with van der Waals surface area (Å²) in [6.07, 6.45) is 2.32. The molecule has 7 nitrogen and oxygen atoms in total. The van der Waals surface area contributed by atoms with Crippen LogP contribution in [0, 0.1) is 3.57 Å². The number of benzene rings is 2. The van der Waals surface area contributed by atoms with Crippen LogP contribution in [0.1, 0.15) is 34.9 Å². The fourth-order valence-corrected chi connectivity index (χ4v) is 3.59. The Morgan fingerprint density at radius 1 is 1.18 bits per heavy atom. The van der Waals surface area contributed by atoms with Crippen molar-refractivity contribution in [3.8, 4) is 22.9 Å². The number of H-pyrrole nitrogens is 1. The Hall–Kier alpha value is -2.62. The van der Waals surface area contributed by atoms with E-state index in [1.165, 1.54) is 0 Å². The summed E-state index contributed by atoms with van der Waals surface area (Å²) in [5, 5.41) is 10.2. The lowest BCUT2D eigenvalue weighted by atomic mass is 10.1. The molecular formula is C20H19IN4O3. The van der Waals surface area contributed by atoms with E-state index < -0.39 is 0 Å². The Morgan fingerprint density at radius 3 is 2.64 bits per heavy atom. The number of carbonyl (C=O) groups is 1. The topological polar surface area (TPSA) is 89.1 Å². The second-order valence-corrected chi connectivity index (χ2v) is 7.70. The van der Waals surface area contributed by atoms with Gasteiger partial charge in [0, 0.05) is 20.7 Å². The summed E-state index contributed by atoms with van der Waals surface area (Å²) in [5.41, 5.74) is 2.03. The Labute approximate surface area is 176 Å². The van der Waals surface area contributed by atoms with Crippen molar-refractivity contribution in [1.82, 2.24) is 15.2 Å². The average Bonchev–Trinajstić information content (AvgIpc) is 3.44. The smallest absolute Gasteiger partial charge is 0.256 e. The minimum Gasteiger partial charge on any atom is -0.493 e. The lowest BCUT2D eigenvalue weighted by Crippen LogP contribution is -2.14. The zero-order chi connectivity index (χ0) is 19.7. The largest absolute Gasteiger partial charge is 0.493 e. The van der Waals surface area contributed by atoms with Gasteiger partial charge < -0.3 is 14.8 Å². The molecule has 0 unspecified atom stereocenters. The molecule has 1 saturated carbocycles. The summed E-state index contributed by atoms with van der Waals surface area (Å²) in [6, 6.07) is 11.0. The Morgan fingerprint density at radius 2 is 1.93 bits per heavy atom. The first-order chi connectivity index (χ1) is 13.6. The first-order valence-electron chi connectivity index (χ1n) is 8.84. The van der Waals surface area contributed by atoms with Gasteiger partial charge in [-0.25, -0.2) is 4.98 Å². The number of carbonyl (C=O) groups excluding carboxylic acids is 1. The lowest BCUT2D eigenvalue weighted by Gasteiger charge is -2.12. The number of ether oxygens (including phenoxy) is 2. The Kier molecular flexibility index (Phi) is 5.21. The number of hydrogen-bond donors (Lipinski definition) is 2. The van der Waals surface area contributed by atoms with E-state index in [0.717, 1.165) is 27.8 Å². The highest BCUT2D eigenvalue weighted by molar-refractivity contribution is 14.1. The molecule has 8 heteroatoms. The zero-order valence-electron chi connectivity index (χ0n) is 15.5.